The maximum atomic E-state index is 12.6. The van der Waals surface area contributed by atoms with Crippen LogP contribution >= 0.6 is 0 Å². The molecule has 2 amide bonds. The third-order valence-corrected chi connectivity index (χ3v) is 5.66. The lowest BCUT2D eigenvalue weighted by molar-refractivity contribution is -0.134. The Balaban J connectivity index is 0.00000122. The molecule has 2 atom stereocenters. The van der Waals surface area contributed by atoms with Crippen LogP contribution in [-0.4, -0.2) is 93.2 Å². The molecule has 0 unspecified atom stereocenters. The molecule has 0 aliphatic carbocycles. The van der Waals surface area contributed by atoms with Crippen molar-refractivity contribution >= 4 is 18.3 Å². The second kappa shape index (κ2) is 12.6. The van der Waals surface area contributed by atoms with Gasteiger partial charge < -0.3 is 20.2 Å². The zero-order valence-electron chi connectivity index (χ0n) is 19.6. The molecule has 1 aliphatic heterocycles. The van der Waals surface area contributed by atoms with Crippen LogP contribution in [0.15, 0.2) is 24.3 Å². The number of hydrogen-bond acceptors (Lipinski definition) is 7. The molecule has 1 aromatic heterocycles. The van der Waals surface area contributed by atoms with E-state index in [0.29, 0.717) is 18.8 Å². The summed E-state index contributed by atoms with van der Waals surface area (Å²) in [6.07, 6.45) is 1.91. The fourth-order valence-corrected chi connectivity index (χ4v) is 3.89. The van der Waals surface area contributed by atoms with Gasteiger partial charge in [0.15, 0.2) is 5.82 Å². The van der Waals surface area contributed by atoms with Gasteiger partial charge in [-0.2, -0.15) is 4.68 Å². The molecule has 1 aliphatic rings. The number of aromatic nitrogens is 4. The van der Waals surface area contributed by atoms with E-state index in [-0.39, 0.29) is 30.2 Å². The van der Waals surface area contributed by atoms with Gasteiger partial charge in [-0.3, -0.25) is 14.4 Å². The van der Waals surface area contributed by atoms with E-state index in [9.17, 15) is 9.59 Å². The molecule has 0 bridgehead atoms. The maximum Gasteiger partial charge on any atom is 0.290 e. The van der Waals surface area contributed by atoms with E-state index in [1.165, 1.54) is 0 Å². The lowest BCUT2D eigenvalue weighted by atomic mass is 10.00. The molecule has 2 N–H and O–H groups in total. The topological polar surface area (TPSA) is 134 Å². The van der Waals surface area contributed by atoms with Crippen LogP contribution in [0.1, 0.15) is 31.2 Å². The van der Waals surface area contributed by atoms with Gasteiger partial charge in [-0.15, -0.1) is 5.10 Å². The fraction of sp³-hybridized carbons (Fsp3) is 0.545. The molecule has 11 heteroatoms. The van der Waals surface area contributed by atoms with Crippen molar-refractivity contribution in [1.29, 1.82) is 0 Å². The minimum atomic E-state index is -0.250. The normalized spacial score (nSPS) is 18.4. The number of carboxylic acid groups (broad SMARTS) is 1. The van der Waals surface area contributed by atoms with Crippen LogP contribution in [0.4, 0.5) is 0 Å². The minimum absolute atomic E-state index is 0.00444. The zero-order chi connectivity index (χ0) is 24.4. The Hall–Kier alpha value is -3.34. The number of aryl methyl sites for hydroxylation is 1. The number of nitrogens with one attached hydrogen (secondary N) is 1. The molecule has 2 aromatic rings. The molecule has 3 rings (SSSR count). The number of carbonyl (C=O) groups excluding carboxylic acids is 2. The smallest absolute Gasteiger partial charge is 0.290 e. The lowest BCUT2D eigenvalue weighted by Crippen LogP contribution is -2.42. The summed E-state index contributed by atoms with van der Waals surface area (Å²) >= 11 is 0. The highest BCUT2D eigenvalue weighted by atomic mass is 16.3. The van der Waals surface area contributed by atoms with E-state index in [1.54, 1.807) is 9.58 Å². The number of likely N-dealkylation sites (N-methyl/N-ethyl adjacent to an activating group) is 1. The number of hydrogen-bond donors (Lipinski definition) is 2. The van der Waals surface area contributed by atoms with Gasteiger partial charge in [0.05, 0.1) is 18.0 Å². The molecule has 0 spiro atoms. The molecule has 1 fully saturated rings. The highest BCUT2D eigenvalue weighted by Gasteiger charge is 2.28. The van der Waals surface area contributed by atoms with E-state index < -0.39 is 0 Å². The highest BCUT2D eigenvalue weighted by molar-refractivity contribution is 5.79. The third kappa shape index (κ3) is 7.63. The Morgan fingerprint density at radius 3 is 2.48 bits per heavy atom. The first-order valence-corrected chi connectivity index (χ1v) is 10.9. The van der Waals surface area contributed by atoms with Crippen LogP contribution in [0.2, 0.25) is 0 Å². The molecule has 2 heterocycles. The number of amides is 2. The Kier molecular flexibility index (Phi) is 9.92. The minimum Gasteiger partial charge on any atom is -0.483 e. The Morgan fingerprint density at radius 1 is 1.24 bits per heavy atom. The summed E-state index contributed by atoms with van der Waals surface area (Å²) in [4.78, 5) is 37.4. The fourth-order valence-electron chi connectivity index (χ4n) is 3.89. The number of nitrogens with zero attached hydrogens (tertiary/aromatic N) is 6. The second-order valence-corrected chi connectivity index (χ2v) is 8.20. The first-order valence-electron chi connectivity index (χ1n) is 10.9. The number of benzene rings is 1. The van der Waals surface area contributed by atoms with E-state index in [4.69, 9.17) is 9.90 Å². The van der Waals surface area contributed by atoms with Crippen molar-refractivity contribution in [3.63, 3.8) is 0 Å². The van der Waals surface area contributed by atoms with Gasteiger partial charge in [0, 0.05) is 32.7 Å². The van der Waals surface area contributed by atoms with Crippen molar-refractivity contribution in [3.05, 3.63) is 35.7 Å². The van der Waals surface area contributed by atoms with Crippen LogP contribution in [0.3, 0.4) is 0 Å². The molecule has 11 nitrogen and oxygen atoms in total. The standard InChI is InChI=1S/C21H31N7O2.CH2O2/c1-5-27(4)21(30)17-8-9-18(14-26(3)13-17)22-20(29)12-16-6-10-19(11-7-16)28-15(2)23-24-25-28;2-1-3/h6-7,10-11,17-18H,5,8-9,12-14H2,1-4H3,(H,22,29);1H,(H,2,3)/t17-,18+;/m1./s1. The van der Waals surface area contributed by atoms with Crippen LogP contribution in [-0.2, 0) is 20.8 Å². The van der Waals surface area contributed by atoms with Crippen molar-refractivity contribution in [2.24, 2.45) is 5.92 Å². The Bertz CT molecular complexity index is 916. The Labute approximate surface area is 193 Å². The SMILES string of the molecule is CCN(C)C(=O)[C@@H]1CC[C@H](NC(=O)Cc2ccc(-n3nnnc3C)cc2)CN(C)C1.O=CO. The summed E-state index contributed by atoms with van der Waals surface area (Å²) < 4.78 is 1.65. The van der Waals surface area contributed by atoms with Gasteiger partial charge in [-0.25, -0.2) is 0 Å². The van der Waals surface area contributed by atoms with E-state index in [2.05, 4.69) is 25.7 Å². The summed E-state index contributed by atoms with van der Waals surface area (Å²) in [5.41, 5.74) is 1.79. The van der Waals surface area contributed by atoms with Gasteiger partial charge in [0.2, 0.25) is 11.8 Å². The number of rotatable bonds is 6. The quantitative estimate of drug-likeness (QED) is 0.597. The van der Waals surface area contributed by atoms with Crippen LogP contribution < -0.4 is 5.32 Å². The number of carbonyl (C=O) groups is 3. The van der Waals surface area contributed by atoms with Gasteiger partial charge in [-0.05, 0) is 61.9 Å². The first-order chi connectivity index (χ1) is 15.8. The van der Waals surface area contributed by atoms with Gasteiger partial charge in [0.1, 0.15) is 0 Å². The van der Waals surface area contributed by atoms with Crippen molar-refractivity contribution < 1.29 is 19.5 Å². The molecule has 1 aromatic carbocycles. The van der Waals surface area contributed by atoms with Crippen molar-refractivity contribution in [3.8, 4) is 5.69 Å². The predicted octanol–water partition coefficient (Wildman–Crippen LogP) is 0.519. The number of tetrazole rings is 1. The maximum absolute atomic E-state index is 12.6. The summed E-state index contributed by atoms with van der Waals surface area (Å²) in [6.45, 7) is 5.77. The van der Waals surface area contributed by atoms with E-state index in [1.807, 2.05) is 52.2 Å². The summed E-state index contributed by atoms with van der Waals surface area (Å²) in [5.74, 6) is 0.883. The van der Waals surface area contributed by atoms with Crippen molar-refractivity contribution in [2.45, 2.75) is 39.2 Å². The van der Waals surface area contributed by atoms with Crippen LogP contribution in [0.25, 0.3) is 5.69 Å². The summed E-state index contributed by atoms with van der Waals surface area (Å²) in [5, 5.41) is 21.5. The third-order valence-electron chi connectivity index (χ3n) is 5.66. The van der Waals surface area contributed by atoms with Crippen molar-refractivity contribution in [2.75, 3.05) is 33.7 Å². The van der Waals surface area contributed by atoms with Crippen LogP contribution in [0.5, 0.6) is 0 Å². The lowest BCUT2D eigenvalue weighted by Gasteiger charge is -2.24. The zero-order valence-corrected chi connectivity index (χ0v) is 19.6. The predicted molar refractivity (Wildman–Crippen MR) is 122 cm³/mol. The van der Waals surface area contributed by atoms with Gasteiger partial charge in [-0.1, -0.05) is 12.1 Å². The molecule has 1 saturated heterocycles. The molecular weight excluding hydrogens is 426 g/mol. The molecular formula is C22H33N7O4. The average Bonchev–Trinajstić information content (AvgIpc) is 3.13. The van der Waals surface area contributed by atoms with E-state index in [0.717, 1.165) is 37.2 Å². The molecule has 0 saturated carbocycles. The number of likely N-dealkylation sites (tertiary alicyclic amines) is 1. The van der Waals surface area contributed by atoms with Crippen molar-refractivity contribution in [1.82, 2.24) is 35.3 Å². The van der Waals surface area contributed by atoms with Crippen LogP contribution in [0, 0.1) is 12.8 Å². The van der Waals surface area contributed by atoms with Gasteiger partial charge >= 0.3 is 0 Å². The molecule has 33 heavy (non-hydrogen) atoms. The van der Waals surface area contributed by atoms with E-state index >= 15 is 0 Å². The Morgan fingerprint density at radius 2 is 1.91 bits per heavy atom. The molecule has 0 radical (unpaired) electrons. The summed E-state index contributed by atoms with van der Waals surface area (Å²) in [7, 11) is 3.86. The average molecular weight is 460 g/mol. The highest BCUT2D eigenvalue weighted by Crippen LogP contribution is 2.18. The largest absolute Gasteiger partial charge is 0.483 e. The van der Waals surface area contributed by atoms with Gasteiger partial charge in [0.25, 0.3) is 6.47 Å². The second-order valence-electron chi connectivity index (χ2n) is 8.20. The summed E-state index contributed by atoms with van der Waals surface area (Å²) in [6, 6.07) is 7.71. The first kappa shape index (κ1) is 25.9. The molecule has 180 valence electrons. The monoisotopic (exact) mass is 459 g/mol.